The predicted molar refractivity (Wildman–Crippen MR) is 134 cm³/mol. The van der Waals surface area contributed by atoms with Crippen molar-refractivity contribution in [2.75, 3.05) is 16.5 Å². The van der Waals surface area contributed by atoms with E-state index in [4.69, 9.17) is 5.10 Å². The lowest BCUT2D eigenvalue weighted by molar-refractivity contribution is -0.125. The first-order chi connectivity index (χ1) is 16.2. The quantitative estimate of drug-likeness (QED) is 0.546. The molecule has 3 atom stereocenters. The summed E-state index contributed by atoms with van der Waals surface area (Å²) < 4.78 is 0. The van der Waals surface area contributed by atoms with E-state index in [2.05, 4.69) is 66.4 Å². The molecule has 3 aromatic rings. The highest BCUT2D eigenvalue weighted by Gasteiger charge is 2.59. The zero-order valence-corrected chi connectivity index (χ0v) is 19.0. The molecule has 4 nitrogen and oxygen atoms in total. The predicted octanol–water partition coefficient (Wildman–Crippen LogP) is 5.48. The van der Waals surface area contributed by atoms with Crippen molar-refractivity contribution in [1.82, 2.24) is 0 Å². The summed E-state index contributed by atoms with van der Waals surface area (Å²) in [6.45, 7) is 3.04. The van der Waals surface area contributed by atoms with Crippen LogP contribution in [0.1, 0.15) is 30.9 Å². The number of amides is 1. The molecule has 0 radical (unpaired) electrons. The minimum absolute atomic E-state index is 0.121. The highest BCUT2D eigenvalue weighted by atomic mass is 16.2. The van der Waals surface area contributed by atoms with Gasteiger partial charge in [-0.2, -0.15) is 10.1 Å². The van der Waals surface area contributed by atoms with Gasteiger partial charge in [0.05, 0.1) is 11.4 Å². The maximum absolute atomic E-state index is 14.2. The number of anilines is 2. The van der Waals surface area contributed by atoms with Crippen molar-refractivity contribution in [1.29, 1.82) is 0 Å². The average molecular weight is 436 g/mol. The molecule has 3 aliphatic rings. The summed E-state index contributed by atoms with van der Waals surface area (Å²) >= 11 is 0. The Kier molecular flexibility index (Phi) is 4.83. The molecule has 0 bridgehead atoms. The Morgan fingerprint density at radius 1 is 0.939 bits per heavy atom. The molecule has 1 amide bonds. The van der Waals surface area contributed by atoms with E-state index >= 15 is 0 Å². The molecular weight excluding hydrogens is 406 g/mol. The maximum atomic E-state index is 14.2. The minimum Gasteiger partial charge on any atom is -0.367 e. The van der Waals surface area contributed by atoms with Crippen LogP contribution in [0.5, 0.6) is 0 Å². The van der Waals surface area contributed by atoms with Gasteiger partial charge in [-0.3, -0.25) is 4.79 Å². The van der Waals surface area contributed by atoms with Crippen LogP contribution in [0.3, 0.4) is 0 Å². The Labute approximate surface area is 195 Å². The van der Waals surface area contributed by atoms with Crippen LogP contribution in [-0.4, -0.2) is 24.2 Å². The number of carbonyl (C=O) groups excluding carboxylic acids is 1. The molecule has 0 unspecified atom stereocenters. The van der Waals surface area contributed by atoms with Crippen LogP contribution in [0, 0.1) is 11.3 Å². The fourth-order valence-corrected chi connectivity index (χ4v) is 6.25. The van der Waals surface area contributed by atoms with Gasteiger partial charge in [0.25, 0.3) is 5.91 Å². The van der Waals surface area contributed by atoms with Crippen LogP contribution < -0.4 is 9.91 Å². The lowest BCUT2D eigenvalue weighted by Crippen LogP contribution is -2.62. The van der Waals surface area contributed by atoms with E-state index in [1.165, 1.54) is 16.8 Å². The number of rotatable bonds is 3. The number of fused-ring (bicyclic) bond motifs is 4. The van der Waals surface area contributed by atoms with Gasteiger partial charge >= 0.3 is 0 Å². The largest absolute Gasteiger partial charge is 0.367 e. The fraction of sp³-hybridized carbons (Fsp3) is 0.310. The number of benzene rings is 3. The van der Waals surface area contributed by atoms with Crippen LogP contribution in [0.2, 0.25) is 0 Å². The second kappa shape index (κ2) is 7.87. The van der Waals surface area contributed by atoms with Crippen molar-refractivity contribution in [3.8, 4) is 0 Å². The molecule has 0 aliphatic carbocycles. The summed E-state index contributed by atoms with van der Waals surface area (Å²) in [5, 5.41) is 6.52. The minimum atomic E-state index is -0.612. The Hall–Kier alpha value is -3.40. The van der Waals surface area contributed by atoms with Crippen molar-refractivity contribution in [3.63, 3.8) is 0 Å². The number of carbonyl (C=O) groups is 1. The summed E-state index contributed by atoms with van der Waals surface area (Å²) in [5.74, 6) is 0.679. The van der Waals surface area contributed by atoms with Crippen molar-refractivity contribution >= 4 is 23.0 Å². The fourth-order valence-electron chi connectivity index (χ4n) is 6.25. The lowest BCUT2D eigenvalue weighted by atomic mass is 9.64. The molecule has 3 aliphatic heterocycles. The molecule has 0 aromatic heterocycles. The van der Waals surface area contributed by atoms with Gasteiger partial charge in [0.2, 0.25) is 0 Å². The molecule has 3 heterocycles. The van der Waals surface area contributed by atoms with E-state index < -0.39 is 5.41 Å². The Bertz CT molecular complexity index is 1210. The molecule has 0 saturated carbocycles. The molecule has 0 N–H and O–H groups in total. The molecule has 6 rings (SSSR count). The molecule has 1 saturated heterocycles. The number of nitrogens with zero attached hydrogens (tertiary/aromatic N) is 3. The first kappa shape index (κ1) is 20.2. The van der Waals surface area contributed by atoms with Crippen LogP contribution in [0.15, 0.2) is 90.0 Å². The second-order valence-electron chi connectivity index (χ2n) is 9.70. The van der Waals surface area contributed by atoms with Gasteiger partial charge in [0.1, 0.15) is 5.41 Å². The van der Waals surface area contributed by atoms with E-state index in [-0.39, 0.29) is 11.9 Å². The molecular formula is C29H29N3O. The van der Waals surface area contributed by atoms with Crippen LogP contribution in [0.4, 0.5) is 11.4 Å². The van der Waals surface area contributed by atoms with Crippen molar-refractivity contribution in [3.05, 3.63) is 96.1 Å². The SMILES string of the molecule is CC1=NN(c2ccccc2)C(=O)[C@]12Cc1ccccc1N1CC[C@H](Cc3ccccc3)C[C@H]12. The number of hydrazone groups is 1. The molecule has 166 valence electrons. The number of hydrogen-bond donors (Lipinski definition) is 0. The summed E-state index contributed by atoms with van der Waals surface area (Å²) in [6.07, 6.45) is 3.93. The third kappa shape index (κ3) is 3.19. The highest BCUT2D eigenvalue weighted by Crippen LogP contribution is 2.50. The monoisotopic (exact) mass is 435 g/mol. The van der Waals surface area contributed by atoms with Gasteiger partial charge in [-0.15, -0.1) is 0 Å². The van der Waals surface area contributed by atoms with E-state index in [0.29, 0.717) is 5.92 Å². The third-order valence-electron chi connectivity index (χ3n) is 7.89. The van der Waals surface area contributed by atoms with Crippen molar-refractivity contribution in [2.45, 2.75) is 38.6 Å². The zero-order chi connectivity index (χ0) is 22.4. The van der Waals surface area contributed by atoms with Gasteiger partial charge in [0.15, 0.2) is 0 Å². The highest BCUT2D eigenvalue weighted by molar-refractivity contribution is 6.20. The summed E-state index contributed by atoms with van der Waals surface area (Å²) in [6, 6.07) is 29.4. The zero-order valence-electron chi connectivity index (χ0n) is 19.0. The molecule has 3 aromatic carbocycles. The van der Waals surface area contributed by atoms with Gasteiger partial charge in [0, 0.05) is 18.3 Å². The van der Waals surface area contributed by atoms with Gasteiger partial charge < -0.3 is 4.90 Å². The number of piperidine rings is 1. The number of para-hydroxylation sites is 2. The van der Waals surface area contributed by atoms with E-state index in [9.17, 15) is 4.79 Å². The molecule has 1 fully saturated rings. The van der Waals surface area contributed by atoms with Gasteiger partial charge in [-0.05, 0) is 67.9 Å². The summed E-state index contributed by atoms with van der Waals surface area (Å²) in [7, 11) is 0. The average Bonchev–Trinajstić information content (AvgIpc) is 3.11. The topological polar surface area (TPSA) is 35.9 Å². The Morgan fingerprint density at radius 3 is 2.42 bits per heavy atom. The smallest absolute Gasteiger partial charge is 0.261 e. The number of hydrogen-bond acceptors (Lipinski definition) is 3. The van der Waals surface area contributed by atoms with Crippen LogP contribution in [0.25, 0.3) is 0 Å². The van der Waals surface area contributed by atoms with E-state index in [1.807, 2.05) is 30.3 Å². The Morgan fingerprint density at radius 2 is 1.64 bits per heavy atom. The summed E-state index contributed by atoms with van der Waals surface area (Å²) in [5.41, 5.74) is 5.12. The third-order valence-corrected chi connectivity index (χ3v) is 7.89. The normalized spacial score (nSPS) is 26.2. The second-order valence-corrected chi connectivity index (χ2v) is 9.70. The van der Waals surface area contributed by atoms with E-state index in [0.717, 1.165) is 43.6 Å². The Balaban J connectivity index is 1.40. The lowest BCUT2D eigenvalue weighted by Gasteiger charge is -2.52. The van der Waals surface area contributed by atoms with Gasteiger partial charge in [-0.25, -0.2) is 0 Å². The summed E-state index contributed by atoms with van der Waals surface area (Å²) in [4.78, 5) is 16.7. The molecule has 33 heavy (non-hydrogen) atoms. The van der Waals surface area contributed by atoms with E-state index in [1.54, 1.807) is 5.01 Å². The van der Waals surface area contributed by atoms with Gasteiger partial charge in [-0.1, -0.05) is 66.7 Å². The maximum Gasteiger partial charge on any atom is 0.261 e. The molecule has 1 spiro atoms. The van der Waals surface area contributed by atoms with Crippen molar-refractivity contribution in [2.24, 2.45) is 16.4 Å². The van der Waals surface area contributed by atoms with Crippen LogP contribution >= 0.6 is 0 Å². The van der Waals surface area contributed by atoms with Crippen molar-refractivity contribution < 1.29 is 4.79 Å². The first-order valence-corrected chi connectivity index (χ1v) is 12.0. The standard InChI is InChI=1S/C29H29N3O/c1-21-29(28(33)32(30-21)25-13-6-3-7-14-25)20-24-12-8-9-15-26(24)31-17-16-23(19-27(29)31)18-22-10-4-2-5-11-22/h2-15,23,27H,16-20H2,1H3/t23-,27+,29-/m1/s1. The first-order valence-electron chi connectivity index (χ1n) is 12.0. The molecule has 4 heteroatoms. The van der Waals surface area contributed by atoms with Crippen LogP contribution in [-0.2, 0) is 17.6 Å².